The smallest absolute Gasteiger partial charge is 0.0714 e. The molecule has 0 aromatic heterocycles. The summed E-state index contributed by atoms with van der Waals surface area (Å²) in [4.78, 5) is 2.54. The van der Waals surface area contributed by atoms with E-state index in [2.05, 4.69) is 207 Å². The van der Waals surface area contributed by atoms with E-state index in [4.69, 9.17) is 6.42 Å². The summed E-state index contributed by atoms with van der Waals surface area (Å²) in [5.74, 6) is 2.94. The van der Waals surface area contributed by atoms with E-state index in [0.717, 1.165) is 41.0 Å². The molecule has 0 unspecified atom stereocenters. The number of anilines is 3. The van der Waals surface area contributed by atoms with Crippen LogP contribution in [0.4, 0.5) is 17.1 Å². The summed E-state index contributed by atoms with van der Waals surface area (Å²) in [5.41, 5.74) is 17.4. The Morgan fingerprint density at radius 2 is 1.24 bits per heavy atom. The van der Waals surface area contributed by atoms with Crippen molar-refractivity contribution in [3.05, 3.63) is 237 Å². The molecule has 0 aliphatic heterocycles. The first-order chi connectivity index (χ1) is 30.4. The van der Waals surface area contributed by atoms with E-state index >= 15 is 0 Å². The highest BCUT2D eigenvalue weighted by molar-refractivity contribution is 5.99. The lowest BCUT2D eigenvalue weighted by Gasteiger charge is -2.34. The Morgan fingerprint density at radius 3 is 2.00 bits per heavy atom. The van der Waals surface area contributed by atoms with Gasteiger partial charge in [0.2, 0.25) is 0 Å². The minimum Gasteiger partial charge on any atom is -0.310 e. The van der Waals surface area contributed by atoms with Crippen molar-refractivity contribution in [2.24, 2.45) is 0 Å². The van der Waals surface area contributed by atoms with E-state index in [9.17, 15) is 0 Å². The van der Waals surface area contributed by atoms with Gasteiger partial charge in [-0.2, -0.15) is 0 Å². The second-order valence-electron chi connectivity index (χ2n) is 17.4. The number of allylic oxidation sites excluding steroid dienone is 4. The molecule has 62 heavy (non-hydrogen) atoms. The fraction of sp³-hybridized carbons (Fsp3) is 0.115. The predicted molar refractivity (Wildman–Crippen MR) is 263 cm³/mol. The van der Waals surface area contributed by atoms with Crippen LogP contribution in [-0.4, -0.2) is 0 Å². The van der Waals surface area contributed by atoms with Gasteiger partial charge in [0.05, 0.1) is 11.1 Å². The molecule has 296 valence electrons. The molecule has 0 radical (unpaired) electrons. The van der Waals surface area contributed by atoms with Gasteiger partial charge >= 0.3 is 0 Å². The van der Waals surface area contributed by atoms with E-state index in [1.807, 2.05) is 25.2 Å². The van der Waals surface area contributed by atoms with Crippen molar-refractivity contribution < 1.29 is 0 Å². The zero-order chi connectivity index (χ0) is 42.0. The van der Waals surface area contributed by atoms with Crippen LogP contribution in [0.25, 0.3) is 50.8 Å². The standard InChI is InChI=1S/C61H47N/c1-5-7-19-41(6-2)44-33-36-50-51-37-35-48(40-57(51)60(3,4)56(50)38-44)62(47-34-32-43-31-30-42-20-14-15-25-49(42)53(43)39-47)58-29-18-28-55-59(58)52-26-16-17-27-54(52)61(55,45-21-10-8-11-22-45)46-23-12-9-13-24-46/h2,5,7-13,16-40H,14-15H2,1,3-4H3. The van der Waals surface area contributed by atoms with E-state index in [-0.39, 0.29) is 5.41 Å². The SMILES string of the molecule is C#CC(=CC=CC)c1ccc2c(c1)C(C)(C)c1cc(N(c3ccc4ccc5c(c4c3)=CCCC=5)c3cccc4c3-c3ccccc3C4(c3ccccc3)c3ccccc3)ccc1-2. The lowest BCUT2D eigenvalue weighted by atomic mass is 9.68. The average Bonchev–Trinajstić information content (AvgIpc) is 3.75. The fourth-order valence-corrected chi connectivity index (χ4v) is 10.9. The average molecular weight is 794 g/mol. The molecule has 0 spiro atoms. The maximum atomic E-state index is 6.07. The van der Waals surface area contributed by atoms with Crippen molar-refractivity contribution in [3.63, 3.8) is 0 Å². The van der Waals surface area contributed by atoms with Crippen LogP contribution in [0.5, 0.6) is 0 Å². The Bertz CT molecular complexity index is 3300. The first-order valence-corrected chi connectivity index (χ1v) is 21.9. The van der Waals surface area contributed by atoms with Gasteiger partial charge in [0.15, 0.2) is 0 Å². The molecule has 0 N–H and O–H groups in total. The summed E-state index contributed by atoms with van der Waals surface area (Å²) in [6.45, 7) is 6.74. The van der Waals surface area contributed by atoms with Gasteiger partial charge in [0.25, 0.3) is 0 Å². The molecule has 0 heterocycles. The van der Waals surface area contributed by atoms with E-state index in [1.54, 1.807) is 0 Å². The number of hydrogen-bond donors (Lipinski definition) is 0. The van der Waals surface area contributed by atoms with Crippen LogP contribution in [-0.2, 0) is 10.8 Å². The minimum absolute atomic E-state index is 0.267. The van der Waals surface area contributed by atoms with E-state index in [0.29, 0.717) is 0 Å². The monoisotopic (exact) mass is 793 g/mol. The molecule has 3 aliphatic rings. The molecule has 0 bridgehead atoms. The second-order valence-corrected chi connectivity index (χ2v) is 17.4. The Hall–Kier alpha value is -7.40. The van der Waals surface area contributed by atoms with Crippen molar-refractivity contribution >= 4 is 45.6 Å². The Kier molecular flexibility index (Phi) is 8.88. The number of nitrogens with zero attached hydrogens (tertiary/aromatic N) is 1. The van der Waals surface area contributed by atoms with Gasteiger partial charge in [-0.1, -0.05) is 178 Å². The highest BCUT2D eigenvalue weighted by Crippen LogP contribution is 2.60. The van der Waals surface area contributed by atoms with Crippen LogP contribution in [0.15, 0.2) is 188 Å². The predicted octanol–water partition coefficient (Wildman–Crippen LogP) is 13.9. The quantitative estimate of drug-likeness (QED) is 0.115. The molecule has 0 fully saturated rings. The molecule has 1 heteroatoms. The summed E-state index contributed by atoms with van der Waals surface area (Å²) < 4.78 is 0. The van der Waals surface area contributed by atoms with Crippen LogP contribution in [0.2, 0.25) is 0 Å². The highest BCUT2D eigenvalue weighted by atomic mass is 15.1. The maximum Gasteiger partial charge on any atom is 0.0714 e. The van der Waals surface area contributed by atoms with Gasteiger partial charge in [-0.3, -0.25) is 0 Å². The van der Waals surface area contributed by atoms with Crippen molar-refractivity contribution in [1.82, 2.24) is 0 Å². The summed E-state index contributed by atoms with van der Waals surface area (Å²) in [6.07, 6.45) is 19.1. The van der Waals surface area contributed by atoms with Crippen molar-refractivity contribution in [1.29, 1.82) is 0 Å². The lowest BCUT2D eigenvalue weighted by Crippen LogP contribution is -2.28. The molecular formula is C61H47N. The molecule has 0 saturated heterocycles. The van der Waals surface area contributed by atoms with Gasteiger partial charge in [0, 0.05) is 27.9 Å². The molecule has 0 saturated carbocycles. The molecule has 3 aliphatic carbocycles. The molecule has 1 nitrogen and oxygen atoms in total. The van der Waals surface area contributed by atoms with Gasteiger partial charge in [-0.25, -0.2) is 0 Å². The first kappa shape index (κ1) is 37.6. The highest BCUT2D eigenvalue weighted by Gasteiger charge is 2.47. The Morgan fingerprint density at radius 1 is 0.597 bits per heavy atom. The van der Waals surface area contributed by atoms with E-state index in [1.165, 1.54) is 76.8 Å². The largest absolute Gasteiger partial charge is 0.310 e. The second kappa shape index (κ2) is 14.7. The molecule has 8 aromatic rings. The zero-order valence-electron chi connectivity index (χ0n) is 35.5. The third-order valence-electron chi connectivity index (χ3n) is 13.8. The number of rotatable bonds is 7. The number of hydrogen-bond acceptors (Lipinski definition) is 1. The van der Waals surface area contributed by atoms with E-state index < -0.39 is 5.41 Å². The molecular weight excluding hydrogens is 747 g/mol. The number of fused-ring (bicyclic) bond motifs is 9. The topological polar surface area (TPSA) is 3.24 Å². The Balaban J connectivity index is 1.18. The van der Waals surface area contributed by atoms with Gasteiger partial charge in [-0.05, 0) is 139 Å². The number of benzene rings is 8. The Labute approximate surface area is 365 Å². The molecule has 8 aromatic carbocycles. The van der Waals surface area contributed by atoms with Gasteiger partial charge in [-0.15, -0.1) is 6.42 Å². The summed E-state index contributed by atoms with van der Waals surface area (Å²) in [7, 11) is 0. The zero-order valence-corrected chi connectivity index (χ0v) is 35.5. The lowest BCUT2D eigenvalue weighted by molar-refractivity contribution is 0.660. The fourth-order valence-electron chi connectivity index (χ4n) is 10.9. The molecule has 0 amide bonds. The van der Waals surface area contributed by atoms with Gasteiger partial charge in [0.1, 0.15) is 0 Å². The van der Waals surface area contributed by atoms with Gasteiger partial charge < -0.3 is 4.90 Å². The van der Waals surface area contributed by atoms with Crippen molar-refractivity contribution in [2.75, 3.05) is 4.90 Å². The summed E-state index contributed by atoms with van der Waals surface area (Å²) >= 11 is 0. The van der Waals surface area contributed by atoms with Crippen LogP contribution in [0, 0.1) is 12.3 Å². The normalized spacial score (nSPS) is 15.1. The van der Waals surface area contributed by atoms with Crippen LogP contribution < -0.4 is 15.3 Å². The third-order valence-corrected chi connectivity index (χ3v) is 13.8. The van der Waals surface area contributed by atoms with Crippen LogP contribution in [0.3, 0.4) is 0 Å². The van der Waals surface area contributed by atoms with Crippen molar-refractivity contribution in [3.8, 4) is 34.6 Å². The summed E-state index contributed by atoms with van der Waals surface area (Å²) in [5, 5.41) is 5.20. The summed E-state index contributed by atoms with van der Waals surface area (Å²) in [6, 6.07) is 63.8. The van der Waals surface area contributed by atoms with Crippen LogP contribution >= 0.6 is 0 Å². The van der Waals surface area contributed by atoms with Crippen molar-refractivity contribution in [2.45, 2.75) is 44.4 Å². The first-order valence-electron chi connectivity index (χ1n) is 21.9. The number of terminal acetylenes is 1. The molecule has 0 atom stereocenters. The maximum absolute atomic E-state index is 6.07. The minimum atomic E-state index is -0.513. The molecule has 11 rings (SSSR count). The third kappa shape index (κ3) is 5.57. The van der Waals surface area contributed by atoms with Crippen LogP contribution in [0.1, 0.15) is 72.6 Å².